The highest BCUT2D eigenvalue weighted by atomic mass is 16.5. The van der Waals surface area contributed by atoms with E-state index in [9.17, 15) is 4.79 Å². The van der Waals surface area contributed by atoms with E-state index in [0.717, 1.165) is 42.0 Å². The molecule has 0 radical (unpaired) electrons. The van der Waals surface area contributed by atoms with Crippen LogP contribution in [0.2, 0.25) is 0 Å². The number of carbonyl (C=O) groups excluding carboxylic acids is 1. The van der Waals surface area contributed by atoms with E-state index >= 15 is 0 Å². The Morgan fingerprint density at radius 1 is 1.16 bits per heavy atom. The normalized spacial score (nSPS) is 14.9. The smallest absolute Gasteiger partial charge is 0.306 e. The molecule has 1 aromatic heterocycles. The van der Waals surface area contributed by atoms with Gasteiger partial charge < -0.3 is 13.9 Å². The zero-order chi connectivity index (χ0) is 22.5. The molecular weight excluding hydrogens is 402 g/mol. The lowest BCUT2D eigenvalue weighted by Gasteiger charge is -2.12. The summed E-state index contributed by atoms with van der Waals surface area (Å²) < 4.78 is 17.1. The van der Waals surface area contributed by atoms with Crippen LogP contribution < -0.4 is 4.74 Å². The Morgan fingerprint density at radius 2 is 1.97 bits per heavy atom. The molecule has 168 valence electrons. The molecule has 0 N–H and O–H groups in total. The number of carbonyl (C=O) groups is 1. The number of aryl methyl sites for hydroxylation is 3. The molecule has 1 aliphatic carbocycles. The molecular formula is C27H31NO4. The maximum Gasteiger partial charge on any atom is 0.306 e. The van der Waals surface area contributed by atoms with Gasteiger partial charge in [0.2, 0.25) is 5.89 Å². The first-order chi connectivity index (χ1) is 15.6. The van der Waals surface area contributed by atoms with Crippen LogP contribution in [0.4, 0.5) is 0 Å². The highest BCUT2D eigenvalue weighted by Gasteiger charge is 2.25. The third kappa shape index (κ3) is 5.04. The topological polar surface area (TPSA) is 61.6 Å². The standard InChI is InChI=1S/C27H31NO4/c1-4-19-6-8-20(9-7-19)27-28-18(3)25(32-27)14-15-31-23-12-13-24-21(16-23)10-11-22(24)17-26(29)30-5-2/h6-9,12-13,16,22H,4-5,10-11,14-15,17H2,1-3H3/t22-/m0/s1. The van der Waals surface area contributed by atoms with E-state index in [1.54, 1.807) is 0 Å². The Balaban J connectivity index is 1.34. The predicted molar refractivity (Wildman–Crippen MR) is 124 cm³/mol. The molecule has 0 bridgehead atoms. The summed E-state index contributed by atoms with van der Waals surface area (Å²) in [5, 5.41) is 0. The van der Waals surface area contributed by atoms with Gasteiger partial charge in [-0.25, -0.2) is 4.98 Å². The van der Waals surface area contributed by atoms with Gasteiger partial charge in [-0.15, -0.1) is 0 Å². The molecule has 0 unspecified atom stereocenters. The second-order valence-corrected chi connectivity index (χ2v) is 8.28. The summed E-state index contributed by atoms with van der Waals surface area (Å²) in [5.74, 6) is 2.50. The molecule has 0 fully saturated rings. The summed E-state index contributed by atoms with van der Waals surface area (Å²) in [4.78, 5) is 16.4. The lowest BCUT2D eigenvalue weighted by molar-refractivity contribution is -0.143. The molecule has 0 saturated heterocycles. The minimum Gasteiger partial charge on any atom is -0.493 e. The van der Waals surface area contributed by atoms with Crippen LogP contribution in [0, 0.1) is 6.92 Å². The summed E-state index contributed by atoms with van der Waals surface area (Å²) in [6.45, 7) is 6.92. The van der Waals surface area contributed by atoms with Gasteiger partial charge in [-0.1, -0.05) is 25.1 Å². The molecule has 1 heterocycles. The van der Waals surface area contributed by atoms with Gasteiger partial charge in [0.25, 0.3) is 0 Å². The number of ether oxygens (including phenoxy) is 2. The van der Waals surface area contributed by atoms with Crippen molar-refractivity contribution in [3.8, 4) is 17.2 Å². The van der Waals surface area contributed by atoms with E-state index in [2.05, 4.69) is 48.3 Å². The van der Waals surface area contributed by atoms with E-state index in [1.165, 1.54) is 16.7 Å². The molecule has 0 spiro atoms. The zero-order valence-corrected chi connectivity index (χ0v) is 19.1. The van der Waals surface area contributed by atoms with Crippen molar-refractivity contribution in [2.45, 2.75) is 58.8 Å². The molecule has 4 rings (SSSR count). The van der Waals surface area contributed by atoms with Crippen molar-refractivity contribution in [2.24, 2.45) is 0 Å². The van der Waals surface area contributed by atoms with Crippen LogP contribution in [0.25, 0.3) is 11.5 Å². The zero-order valence-electron chi connectivity index (χ0n) is 19.1. The minimum absolute atomic E-state index is 0.117. The van der Waals surface area contributed by atoms with Crippen LogP contribution in [0.5, 0.6) is 5.75 Å². The maximum absolute atomic E-state index is 11.8. The SMILES string of the molecule is CCOC(=O)C[C@@H]1CCc2cc(OCCc3oc(-c4ccc(CC)cc4)nc3C)ccc21. The van der Waals surface area contributed by atoms with Gasteiger partial charge in [-0.2, -0.15) is 0 Å². The summed E-state index contributed by atoms with van der Waals surface area (Å²) in [7, 11) is 0. The van der Waals surface area contributed by atoms with Crippen LogP contribution in [0.3, 0.4) is 0 Å². The van der Waals surface area contributed by atoms with Gasteiger partial charge in [-0.05, 0) is 80.0 Å². The van der Waals surface area contributed by atoms with Crippen molar-refractivity contribution >= 4 is 5.97 Å². The van der Waals surface area contributed by atoms with Crippen LogP contribution in [0.1, 0.15) is 60.8 Å². The second kappa shape index (κ2) is 10.0. The van der Waals surface area contributed by atoms with E-state index in [0.29, 0.717) is 31.9 Å². The van der Waals surface area contributed by atoms with Crippen molar-refractivity contribution in [1.82, 2.24) is 4.98 Å². The minimum atomic E-state index is -0.117. The van der Waals surface area contributed by atoms with E-state index in [1.807, 2.05) is 19.9 Å². The first-order valence-corrected chi connectivity index (χ1v) is 11.5. The fraction of sp³-hybridized carbons (Fsp3) is 0.407. The average Bonchev–Trinajstić information content (AvgIpc) is 3.37. The number of oxazole rings is 1. The van der Waals surface area contributed by atoms with Crippen LogP contribution in [-0.2, 0) is 28.8 Å². The van der Waals surface area contributed by atoms with E-state index in [4.69, 9.17) is 13.9 Å². The lowest BCUT2D eigenvalue weighted by Crippen LogP contribution is -2.08. The molecule has 2 aromatic carbocycles. The van der Waals surface area contributed by atoms with Gasteiger partial charge in [0.1, 0.15) is 11.5 Å². The Kier molecular flexibility index (Phi) is 6.93. The van der Waals surface area contributed by atoms with Crippen molar-refractivity contribution < 1.29 is 18.7 Å². The number of hydrogen-bond donors (Lipinski definition) is 0. The Bertz CT molecular complexity index is 1070. The second-order valence-electron chi connectivity index (χ2n) is 8.28. The summed E-state index contributed by atoms with van der Waals surface area (Å²) in [6, 6.07) is 14.5. The average molecular weight is 434 g/mol. The summed E-state index contributed by atoms with van der Waals surface area (Å²) in [5.41, 5.74) is 5.71. The number of nitrogens with zero attached hydrogens (tertiary/aromatic N) is 1. The predicted octanol–water partition coefficient (Wildman–Crippen LogP) is 5.82. The van der Waals surface area contributed by atoms with Crippen LogP contribution in [-0.4, -0.2) is 24.2 Å². The van der Waals surface area contributed by atoms with Crippen molar-refractivity contribution in [3.05, 3.63) is 70.6 Å². The third-order valence-electron chi connectivity index (χ3n) is 6.13. The number of benzene rings is 2. The van der Waals surface area contributed by atoms with Crippen LogP contribution >= 0.6 is 0 Å². The van der Waals surface area contributed by atoms with Gasteiger partial charge >= 0.3 is 5.97 Å². The lowest BCUT2D eigenvalue weighted by atomic mass is 9.98. The molecule has 0 amide bonds. The number of fused-ring (bicyclic) bond motifs is 1. The number of rotatable bonds is 9. The highest BCUT2D eigenvalue weighted by Crippen LogP contribution is 2.37. The molecule has 5 nitrogen and oxygen atoms in total. The van der Waals surface area contributed by atoms with Crippen LogP contribution in [0.15, 0.2) is 46.9 Å². The first kappa shape index (κ1) is 22.1. The fourth-order valence-corrected chi connectivity index (χ4v) is 4.33. The molecule has 1 aliphatic rings. The van der Waals surface area contributed by atoms with Crippen molar-refractivity contribution in [3.63, 3.8) is 0 Å². The molecule has 3 aromatic rings. The number of aromatic nitrogens is 1. The molecule has 32 heavy (non-hydrogen) atoms. The number of esters is 1. The molecule has 1 atom stereocenters. The monoisotopic (exact) mass is 433 g/mol. The summed E-state index contributed by atoms with van der Waals surface area (Å²) >= 11 is 0. The Hall–Kier alpha value is -3.08. The third-order valence-corrected chi connectivity index (χ3v) is 6.13. The van der Waals surface area contributed by atoms with E-state index in [-0.39, 0.29) is 11.9 Å². The quantitative estimate of drug-likeness (QED) is 0.398. The van der Waals surface area contributed by atoms with Gasteiger partial charge in [-0.3, -0.25) is 4.79 Å². The molecule has 0 aliphatic heterocycles. The van der Waals surface area contributed by atoms with Crippen molar-refractivity contribution in [1.29, 1.82) is 0 Å². The van der Waals surface area contributed by atoms with Gasteiger partial charge in [0.15, 0.2) is 0 Å². The highest BCUT2D eigenvalue weighted by molar-refractivity contribution is 5.71. The van der Waals surface area contributed by atoms with E-state index < -0.39 is 0 Å². The van der Waals surface area contributed by atoms with Crippen molar-refractivity contribution in [2.75, 3.05) is 13.2 Å². The van der Waals surface area contributed by atoms with Gasteiger partial charge in [0, 0.05) is 12.0 Å². The van der Waals surface area contributed by atoms with Gasteiger partial charge in [0.05, 0.1) is 25.3 Å². The Labute approximate surface area is 189 Å². The number of hydrogen-bond acceptors (Lipinski definition) is 5. The molecule has 5 heteroatoms. The maximum atomic E-state index is 11.8. The fourth-order valence-electron chi connectivity index (χ4n) is 4.33. The molecule has 0 saturated carbocycles. The first-order valence-electron chi connectivity index (χ1n) is 11.5. The summed E-state index contributed by atoms with van der Waals surface area (Å²) in [6.07, 6.45) is 4.08. The largest absolute Gasteiger partial charge is 0.493 e. The Morgan fingerprint density at radius 3 is 2.72 bits per heavy atom.